The Labute approximate surface area is 137 Å². The number of nitrogens with one attached hydrogen (secondary N) is 2. The summed E-state index contributed by atoms with van der Waals surface area (Å²) in [5, 5.41) is 17.3. The normalized spacial score (nSPS) is 10.5. The standard InChI is InChI=1S/C16H14ClN5O/c17-14-3-1-2-12(8-14)9-15(23)18-10-11-4-6-13(7-5-11)16-19-21-22-20-16/h1-8H,9-10H2,(H,18,23)(H,19,20,21,22). The van der Waals surface area contributed by atoms with E-state index in [1.807, 2.05) is 36.4 Å². The Hall–Kier alpha value is -2.73. The average molecular weight is 328 g/mol. The van der Waals surface area contributed by atoms with E-state index in [0.29, 0.717) is 23.8 Å². The molecule has 2 N–H and O–H groups in total. The van der Waals surface area contributed by atoms with Gasteiger partial charge in [-0.25, -0.2) is 0 Å². The van der Waals surface area contributed by atoms with Gasteiger partial charge in [-0.15, -0.1) is 10.2 Å². The number of rotatable bonds is 5. The van der Waals surface area contributed by atoms with Crippen LogP contribution in [0.5, 0.6) is 0 Å². The molecule has 0 aliphatic rings. The van der Waals surface area contributed by atoms with Crippen LogP contribution in [-0.4, -0.2) is 26.5 Å². The Kier molecular flexibility index (Phi) is 4.63. The van der Waals surface area contributed by atoms with Crippen LogP contribution < -0.4 is 5.32 Å². The van der Waals surface area contributed by atoms with Gasteiger partial charge in [0.15, 0.2) is 0 Å². The van der Waals surface area contributed by atoms with Gasteiger partial charge < -0.3 is 5.32 Å². The minimum absolute atomic E-state index is 0.0467. The lowest BCUT2D eigenvalue weighted by Gasteiger charge is -2.06. The van der Waals surface area contributed by atoms with Gasteiger partial charge in [0.25, 0.3) is 0 Å². The monoisotopic (exact) mass is 327 g/mol. The van der Waals surface area contributed by atoms with Crippen LogP contribution in [-0.2, 0) is 17.8 Å². The molecule has 1 amide bonds. The van der Waals surface area contributed by atoms with Gasteiger partial charge >= 0.3 is 0 Å². The molecule has 0 fully saturated rings. The second kappa shape index (κ2) is 7.02. The summed E-state index contributed by atoms with van der Waals surface area (Å²) in [5.74, 6) is 0.496. The van der Waals surface area contributed by atoms with Gasteiger partial charge in [0.1, 0.15) is 0 Å². The second-order valence-electron chi connectivity index (χ2n) is 5.02. The number of H-pyrrole nitrogens is 1. The van der Waals surface area contributed by atoms with Gasteiger partial charge in [-0.05, 0) is 28.5 Å². The maximum absolute atomic E-state index is 12.0. The maximum Gasteiger partial charge on any atom is 0.224 e. The van der Waals surface area contributed by atoms with Crippen molar-refractivity contribution < 1.29 is 4.79 Å². The molecule has 3 rings (SSSR count). The topological polar surface area (TPSA) is 83.6 Å². The number of halogens is 1. The van der Waals surface area contributed by atoms with Crippen LogP contribution in [0, 0.1) is 0 Å². The summed E-state index contributed by atoms with van der Waals surface area (Å²) in [5.41, 5.74) is 2.76. The fourth-order valence-corrected chi connectivity index (χ4v) is 2.36. The summed E-state index contributed by atoms with van der Waals surface area (Å²) in [6.07, 6.45) is 0.307. The number of aromatic amines is 1. The number of benzene rings is 2. The minimum Gasteiger partial charge on any atom is -0.352 e. The first kappa shape index (κ1) is 15.2. The summed E-state index contributed by atoms with van der Waals surface area (Å²) >= 11 is 5.91. The number of hydrogen-bond acceptors (Lipinski definition) is 4. The van der Waals surface area contributed by atoms with Gasteiger partial charge in [-0.3, -0.25) is 4.79 Å². The lowest BCUT2D eigenvalue weighted by Crippen LogP contribution is -2.24. The molecular weight excluding hydrogens is 314 g/mol. The smallest absolute Gasteiger partial charge is 0.224 e. The van der Waals surface area contributed by atoms with Crippen LogP contribution in [0.1, 0.15) is 11.1 Å². The van der Waals surface area contributed by atoms with Crippen molar-refractivity contribution in [3.63, 3.8) is 0 Å². The van der Waals surface area contributed by atoms with E-state index >= 15 is 0 Å². The van der Waals surface area contributed by atoms with Crippen LogP contribution >= 0.6 is 11.6 Å². The second-order valence-corrected chi connectivity index (χ2v) is 5.45. The van der Waals surface area contributed by atoms with Crippen molar-refractivity contribution in [1.82, 2.24) is 25.9 Å². The number of carbonyl (C=O) groups excluding carboxylic acids is 1. The Bertz CT molecular complexity index is 786. The van der Waals surface area contributed by atoms with E-state index in [1.165, 1.54) is 0 Å². The predicted molar refractivity (Wildman–Crippen MR) is 86.6 cm³/mol. The fourth-order valence-electron chi connectivity index (χ4n) is 2.15. The first-order chi connectivity index (χ1) is 11.2. The number of hydrogen-bond donors (Lipinski definition) is 2. The molecule has 3 aromatic rings. The van der Waals surface area contributed by atoms with Crippen LogP contribution in [0.2, 0.25) is 5.02 Å². The molecule has 0 bridgehead atoms. The molecule has 6 nitrogen and oxygen atoms in total. The summed E-state index contributed by atoms with van der Waals surface area (Å²) in [6.45, 7) is 0.464. The van der Waals surface area contributed by atoms with Crippen molar-refractivity contribution in [3.05, 3.63) is 64.7 Å². The summed E-state index contributed by atoms with van der Waals surface area (Å²) in [6, 6.07) is 14.9. The highest BCUT2D eigenvalue weighted by atomic mass is 35.5. The minimum atomic E-state index is -0.0467. The van der Waals surface area contributed by atoms with E-state index in [9.17, 15) is 4.79 Å². The Morgan fingerprint density at radius 3 is 2.65 bits per heavy atom. The Morgan fingerprint density at radius 2 is 1.96 bits per heavy atom. The average Bonchev–Trinajstić information content (AvgIpc) is 3.08. The van der Waals surface area contributed by atoms with Gasteiger partial charge in [-0.1, -0.05) is 48.0 Å². The molecular formula is C16H14ClN5O. The molecule has 0 radical (unpaired) electrons. The van der Waals surface area contributed by atoms with Crippen molar-refractivity contribution in [1.29, 1.82) is 0 Å². The zero-order valence-corrected chi connectivity index (χ0v) is 12.9. The molecule has 1 heterocycles. The lowest BCUT2D eigenvalue weighted by molar-refractivity contribution is -0.120. The fraction of sp³-hybridized carbons (Fsp3) is 0.125. The molecule has 0 aliphatic carbocycles. The summed E-state index contributed by atoms with van der Waals surface area (Å²) in [7, 11) is 0. The number of amides is 1. The number of aromatic nitrogens is 4. The highest BCUT2D eigenvalue weighted by Crippen LogP contribution is 2.14. The van der Waals surface area contributed by atoms with Crippen molar-refractivity contribution >= 4 is 17.5 Å². The quantitative estimate of drug-likeness (QED) is 0.753. The molecule has 0 unspecified atom stereocenters. The predicted octanol–water partition coefficient (Wildman–Crippen LogP) is 2.38. The van der Waals surface area contributed by atoms with Crippen molar-refractivity contribution in [2.24, 2.45) is 0 Å². The molecule has 0 saturated heterocycles. The van der Waals surface area contributed by atoms with E-state index in [0.717, 1.165) is 16.7 Å². The molecule has 0 atom stereocenters. The molecule has 0 spiro atoms. The molecule has 2 aromatic carbocycles. The SMILES string of the molecule is O=C(Cc1cccc(Cl)c1)NCc1ccc(-c2nn[nH]n2)cc1. The van der Waals surface area contributed by atoms with Crippen LogP contribution in [0.4, 0.5) is 0 Å². The van der Waals surface area contributed by atoms with Crippen molar-refractivity contribution in [2.45, 2.75) is 13.0 Å². The third kappa shape index (κ3) is 4.14. The van der Waals surface area contributed by atoms with Gasteiger partial charge in [0, 0.05) is 17.1 Å². The molecule has 23 heavy (non-hydrogen) atoms. The lowest BCUT2D eigenvalue weighted by atomic mass is 10.1. The molecule has 0 saturated carbocycles. The number of nitrogens with zero attached hydrogens (tertiary/aromatic N) is 3. The van der Waals surface area contributed by atoms with Crippen LogP contribution in [0.25, 0.3) is 11.4 Å². The van der Waals surface area contributed by atoms with Gasteiger partial charge in [-0.2, -0.15) is 5.21 Å². The Morgan fingerprint density at radius 1 is 1.13 bits per heavy atom. The first-order valence-electron chi connectivity index (χ1n) is 7.04. The molecule has 1 aromatic heterocycles. The van der Waals surface area contributed by atoms with Gasteiger partial charge in [0.2, 0.25) is 11.7 Å². The molecule has 7 heteroatoms. The maximum atomic E-state index is 12.0. The van der Waals surface area contributed by atoms with Crippen molar-refractivity contribution in [3.8, 4) is 11.4 Å². The highest BCUT2D eigenvalue weighted by molar-refractivity contribution is 6.30. The Balaban J connectivity index is 1.54. The van der Waals surface area contributed by atoms with Gasteiger partial charge in [0.05, 0.1) is 6.42 Å². The third-order valence-electron chi connectivity index (χ3n) is 3.30. The first-order valence-corrected chi connectivity index (χ1v) is 7.42. The zero-order chi connectivity index (χ0) is 16.1. The highest BCUT2D eigenvalue weighted by Gasteiger charge is 2.05. The summed E-state index contributed by atoms with van der Waals surface area (Å²) < 4.78 is 0. The number of tetrazole rings is 1. The van der Waals surface area contributed by atoms with Crippen LogP contribution in [0.3, 0.4) is 0 Å². The zero-order valence-electron chi connectivity index (χ0n) is 12.2. The number of carbonyl (C=O) groups is 1. The summed E-state index contributed by atoms with van der Waals surface area (Å²) in [4.78, 5) is 12.0. The van der Waals surface area contributed by atoms with Crippen LogP contribution in [0.15, 0.2) is 48.5 Å². The molecule has 116 valence electrons. The van der Waals surface area contributed by atoms with E-state index in [-0.39, 0.29) is 5.91 Å². The third-order valence-corrected chi connectivity index (χ3v) is 3.54. The van der Waals surface area contributed by atoms with Crippen molar-refractivity contribution in [2.75, 3.05) is 0 Å². The van der Waals surface area contributed by atoms with E-state index in [4.69, 9.17) is 11.6 Å². The van der Waals surface area contributed by atoms with E-state index < -0.39 is 0 Å². The largest absolute Gasteiger partial charge is 0.352 e. The van der Waals surface area contributed by atoms with E-state index in [2.05, 4.69) is 25.9 Å². The van der Waals surface area contributed by atoms with E-state index in [1.54, 1.807) is 12.1 Å². The molecule has 0 aliphatic heterocycles.